The van der Waals surface area contributed by atoms with Gasteiger partial charge in [0.2, 0.25) is 0 Å². The third kappa shape index (κ3) is 3.11. The fourth-order valence-electron chi connectivity index (χ4n) is 2.02. The Morgan fingerprint density at radius 1 is 1.33 bits per heavy atom. The lowest BCUT2D eigenvalue weighted by molar-refractivity contribution is 0.556. The molecule has 0 aromatic heterocycles. The maximum atomic E-state index is 13.5. The molecule has 1 atom stereocenters. The minimum absolute atomic E-state index is 0.0415. The van der Waals surface area contributed by atoms with E-state index in [1.165, 1.54) is 0 Å². The van der Waals surface area contributed by atoms with Crippen LogP contribution in [0, 0.1) is 11.6 Å². The van der Waals surface area contributed by atoms with Gasteiger partial charge < -0.3 is 5.32 Å². The fourth-order valence-corrected chi connectivity index (χ4v) is 3.91. The standard InChI is InChI=1S/C11H12ClF2NO2S/c12-9-4-7(13)5-10(14)11(9)15-8-2-1-3-18(16,17)6-8/h4-5,8,15H,1-3,6H2. The molecule has 0 spiro atoms. The number of hydrogen-bond acceptors (Lipinski definition) is 3. The average Bonchev–Trinajstić information content (AvgIpc) is 2.22. The monoisotopic (exact) mass is 295 g/mol. The second-order valence-electron chi connectivity index (χ2n) is 4.34. The van der Waals surface area contributed by atoms with E-state index in [0.29, 0.717) is 18.9 Å². The second kappa shape index (κ2) is 5.01. The van der Waals surface area contributed by atoms with Gasteiger partial charge in [0.1, 0.15) is 5.82 Å². The molecule has 1 unspecified atom stereocenters. The van der Waals surface area contributed by atoms with Crippen molar-refractivity contribution in [2.75, 3.05) is 16.8 Å². The highest BCUT2D eigenvalue weighted by Crippen LogP contribution is 2.28. The minimum Gasteiger partial charge on any atom is -0.378 e. The Kier molecular flexibility index (Phi) is 3.77. The zero-order valence-electron chi connectivity index (χ0n) is 9.42. The molecule has 1 N–H and O–H groups in total. The Labute approximate surface area is 109 Å². The summed E-state index contributed by atoms with van der Waals surface area (Å²) in [4.78, 5) is 0. The van der Waals surface area contributed by atoms with Gasteiger partial charge in [-0.25, -0.2) is 17.2 Å². The van der Waals surface area contributed by atoms with Gasteiger partial charge in [-0.3, -0.25) is 0 Å². The first-order chi connectivity index (χ1) is 8.37. The smallest absolute Gasteiger partial charge is 0.152 e. The third-order valence-corrected chi connectivity index (χ3v) is 4.94. The molecule has 1 aliphatic rings. The van der Waals surface area contributed by atoms with Crippen molar-refractivity contribution >= 4 is 27.1 Å². The molecule has 18 heavy (non-hydrogen) atoms. The highest BCUT2D eigenvalue weighted by Gasteiger charge is 2.26. The van der Waals surface area contributed by atoms with Crippen molar-refractivity contribution in [2.24, 2.45) is 0 Å². The van der Waals surface area contributed by atoms with Gasteiger partial charge in [0.15, 0.2) is 15.7 Å². The second-order valence-corrected chi connectivity index (χ2v) is 6.98. The van der Waals surface area contributed by atoms with Gasteiger partial charge in [0, 0.05) is 12.1 Å². The van der Waals surface area contributed by atoms with Crippen LogP contribution in [-0.2, 0) is 9.84 Å². The van der Waals surface area contributed by atoms with E-state index in [0.717, 1.165) is 6.07 Å². The summed E-state index contributed by atoms with van der Waals surface area (Å²) in [5.74, 6) is -1.48. The van der Waals surface area contributed by atoms with Crippen molar-refractivity contribution < 1.29 is 17.2 Å². The van der Waals surface area contributed by atoms with Crippen molar-refractivity contribution in [3.05, 3.63) is 28.8 Å². The Morgan fingerprint density at radius 3 is 2.67 bits per heavy atom. The Bertz CT molecular complexity index is 539. The molecule has 0 saturated carbocycles. The van der Waals surface area contributed by atoms with E-state index < -0.39 is 21.5 Å². The largest absolute Gasteiger partial charge is 0.378 e. The topological polar surface area (TPSA) is 46.2 Å². The Balaban J connectivity index is 2.19. The van der Waals surface area contributed by atoms with Crippen LogP contribution in [0.3, 0.4) is 0 Å². The first kappa shape index (κ1) is 13.5. The molecule has 0 aliphatic carbocycles. The summed E-state index contributed by atoms with van der Waals surface area (Å²) in [5, 5.41) is 2.66. The zero-order valence-corrected chi connectivity index (χ0v) is 11.0. The summed E-state index contributed by atoms with van der Waals surface area (Å²) in [6.07, 6.45) is 1.15. The van der Waals surface area contributed by atoms with Crippen LogP contribution in [0.4, 0.5) is 14.5 Å². The number of halogens is 3. The maximum absolute atomic E-state index is 13.5. The van der Waals surface area contributed by atoms with Crippen molar-refractivity contribution in [3.63, 3.8) is 0 Å². The predicted molar refractivity (Wildman–Crippen MR) is 66.7 cm³/mol. The molecule has 0 amide bonds. The van der Waals surface area contributed by atoms with Crippen LogP contribution in [0.1, 0.15) is 12.8 Å². The normalized spacial score (nSPS) is 22.7. The summed E-state index contributed by atoms with van der Waals surface area (Å²) >= 11 is 5.73. The molecule has 3 nitrogen and oxygen atoms in total. The van der Waals surface area contributed by atoms with Gasteiger partial charge in [-0.15, -0.1) is 0 Å². The summed E-state index contributed by atoms with van der Waals surface area (Å²) in [7, 11) is -3.09. The molecule has 1 saturated heterocycles. The van der Waals surface area contributed by atoms with Gasteiger partial charge in [0.25, 0.3) is 0 Å². The van der Waals surface area contributed by atoms with Crippen molar-refractivity contribution in [1.82, 2.24) is 0 Å². The first-order valence-electron chi connectivity index (χ1n) is 5.49. The minimum atomic E-state index is -3.09. The molecule has 1 aliphatic heterocycles. The summed E-state index contributed by atoms with van der Waals surface area (Å²) in [6.45, 7) is 0. The number of benzene rings is 1. The molecule has 7 heteroatoms. The number of anilines is 1. The van der Waals surface area contributed by atoms with Crippen molar-refractivity contribution in [3.8, 4) is 0 Å². The average molecular weight is 296 g/mol. The molecule has 0 bridgehead atoms. The van der Waals surface area contributed by atoms with Gasteiger partial charge in [-0.1, -0.05) is 11.6 Å². The fraction of sp³-hybridized carbons (Fsp3) is 0.455. The zero-order chi connectivity index (χ0) is 13.3. The molecular weight excluding hydrogens is 284 g/mol. The lowest BCUT2D eigenvalue weighted by Crippen LogP contribution is -2.35. The van der Waals surface area contributed by atoms with Crippen LogP contribution in [0.15, 0.2) is 12.1 Å². The molecular formula is C11H12ClF2NO2S. The van der Waals surface area contributed by atoms with Gasteiger partial charge in [0.05, 0.1) is 22.2 Å². The van der Waals surface area contributed by atoms with Crippen LogP contribution in [0.2, 0.25) is 5.02 Å². The Morgan fingerprint density at radius 2 is 2.06 bits per heavy atom. The molecule has 1 aromatic carbocycles. The summed E-state index contributed by atoms with van der Waals surface area (Å²) in [6, 6.07) is 1.32. The maximum Gasteiger partial charge on any atom is 0.152 e. The van der Waals surface area contributed by atoms with E-state index in [-0.39, 0.29) is 28.3 Å². The van der Waals surface area contributed by atoms with E-state index in [9.17, 15) is 17.2 Å². The molecule has 1 aromatic rings. The number of nitrogens with one attached hydrogen (secondary N) is 1. The van der Waals surface area contributed by atoms with E-state index in [2.05, 4.69) is 5.32 Å². The van der Waals surface area contributed by atoms with Gasteiger partial charge >= 0.3 is 0 Å². The van der Waals surface area contributed by atoms with Crippen molar-refractivity contribution in [2.45, 2.75) is 18.9 Å². The highest BCUT2D eigenvalue weighted by molar-refractivity contribution is 7.91. The van der Waals surface area contributed by atoms with Gasteiger partial charge in [-0.2, -0.15) is 0 Å². The molecule has 1 heterocycles. The van der Waals surface area contributed by atoms with E-state index in [1.54, 1.807) is 0 Å². The van der Waals surface area contributed by atoms with E-state index in [4.69, 9.17) is 11.6 Å². The van der Waals surface area contributed by atoms with Crippen LogP contribution in [-0.4, -0.2) is 26.0 Å². The molecule has 100 valence electrons. The van der Waals surface area contributed by atoms with Gasteiger partial charge in [-0.05, 0) is 18.9 Å². The SMILES string of the molecule is O=S1(=O)CCCC(Nc2c(F)cc(F)cc2Cl)C1. The third-order valence-electron chi connectivity index (χ3n) is 2.82. The lowest BCUT2D eigenvalue weighted by atomic mass is 10.1. The summed E-state index contributed by atoms with van der Waals surface area (Å²) < 4.78 is 49.3. The molecule has 2 rings (SSSR count). The number of hydrogen-bond donors (Lipinski definition) is 1. The van der Waals surface area contributed by atoms with Crippen LogP contribution >= 0.6 is 11.6 Å². The molecule has 0 radical (unpaired) electrons. The van der Waals surface area contributed by atoms with Crippen LogP contribution < -0.4 is 5.32 Å². The lowest BCUT2D eigenvalue weighted by Gasteiger charge is -2.24. The Hall–Kier alpha value is -0.880. The first-order valence-corrected chi connectivity index (χ1v) is 7.69. The summed E-state index contributed by atoms with van der Waals surface area (Å²) in [5.41, 5.74) is -0.0415. The quantitative estimate of drug-likeness (QED) is 0.912. The number of rotatable bonds is 2. The van der Waals surface area contributed by atoms with E-state index in [1.807, 2.05) is 0 Å². The molecule has 1 fully saturated rings. The predicted octanol–water partition coefficient (Wildman–Crippen LogP) is 2.61. The number of sulfone groups is 1. The van der Waals surface area contributed by atoms with E-state index >= 15 is 0 Å². The van der Waals surface area contributed by atoms with Crippen LogP contribution in [0.25, 0.3) is 0 Å². The van der Waals surface area contributed by atoms with Crippen molar-refractivity contribution in [1.29, 1.82) is 0 Å². The highest BCUT2D eigenvalue weighted by atomic mass is 35.5. The van der Waals surface area contributed by atoms with Crippen LogP contribution in [0.5, 0.6) is 0 Å².